The van der Waals surface area contributed by atoms with Gasteiger partial charge in [-0.05, 0) is 0 Å². The van der Waals surface area contributed by atoms with Gasteiger partial charge in [0.25, 0.3) is 11.6 Å². The molecule has 0 saturated carbocycles. The van der Waals surface area contributed by atoms with Gasteiger partial charge in [-0.25, -0.2) is 0 Å². The van der Waals surface area contributed by atoms with Crippen LogP contribution in [0.3, 0.4) is 0 Å². The number of anilines is 1. The summed E-state index contributed by atoms with van der Waals surface area (Å²) in [6.07, 6.45) is 1.26. The lowest BCUT2D eigenvalue weighted by Crippen LogP contribution is -2.15. The number of carbonyl (C=O) groups excluding carboxylic acids is 1. The second-order valence-electron chi connectivity index (χ2n) is 4.59. The molecular weight excluding hydrogens is 326 g/mol. The number of methoxy groups -OCH3 is 2. The molecule has 0 radical (unpaired) electrons. The molecule has 23 heavy (non-hydrogen) atoms. The zero-order valence-electron chi connectivity index (χ0n) is 12.6. The van der Waals surface area contributed by atoms with Crippen molar-refractivity contribution in [1.29, 1.82) is 0 Å². The summed E-state index contributed by atoms with van der Waals surface area (Å²) >= 11 is 6.10. The maximum Gasteiger partial charge on any atom is 0.287 e. The Morgan fingerprint density at radius 3 is 2.39 bits per heavy atom. The van der Waals surface area contributed by atoms with Gasteiger partial charge in [0.15, 0.2) is 11.5 Å². The highest BCUT2D eigenvalue weighted by Crippen LogP contribution is 2.36. The fourth-order valence-electron chi connectivity index (χ4n) is 2.01. The van der Waals surface area contributed by atoms with Crippen molar-refractivity contribution in [2.45, 2.75) is 0 Å². The Labute approximate surface area is 136 Å². The van der Waals surface area contributed by atoms with Crippen LogP contribution in [-0.2, 0) is 7.05 Å². The molecule has 2 aromatic rings. The van der Waals surface area contributed by atoms with E-state index >= 15 is 0 Å². The molecule has 0 saturated heterocycles. The molecule has 8 nitrogen and oxygen atoms in total. The highest BCUT2D eigenvalue weighted by molar-refractivity contribution is 6.34. The zero-order chi connectivity index (χ0) is 17.1. The molecule has 1 aromatic carbocycles. The highest BCUT2D eigenvalue weighted by atomic mass is 35.5. The molecule has 0 bridgehead atoms. The van der Waals surface area contributed by atoms with Crippen LogP contribution in [0.25, 0.3) is 0 Å². The average Bonchev–Trinajstić information content (AvgIpc) is 2.91. The Balaban J connectivity index is 2.32. The second kappa shape index (κ2) is 6.57. The van der Waals surface area contributed by atoms with E-state index in [1.165, 1.54) is 50.2 Å². The molecular formula is C14H14ClN3O5. The van der Waals surface area contributed by atoms with E-state index in [-0.39, 0.29) is 16.4 Å². The van der Waals surface area contributed by atoms with Gasteiger partial charge >= 0.3 is 0 Å². The molecule has 122 valence electrons. The lowest BCUT2D eigenvalue weighted by Gasteiger charge is -2.12. The molecule has 0 aliphatic rings. The number of rotatable bonds is 5. The Bertz CT molecular complexity index is 772. The van der Waals surface area contributed by atoms with Gasteiger partial charge in [0.1, 0.15) is 5.69 Å². The normalized spacial score (nSPS) is 10.3. The number of ether oxygens (including phenoxy) is 2. The van der Waals surface area contributed by atoms with Crippen molar-refractivity contribution in [3.8, 4) is 11.5 Å². The van der Waals surface area contributed by atoms with Crippen LogP contribution in [0, 0.1) is 10.1 Å². The summed E-state index contributed by atoms with van der Waals surface area (Å²) in [6.45, 7) is 0. The summed E-state index contributed by atoms with van der Waals surface area (Å²) in [5.41, 5.74) is 0.261. The summed E-state index contributed by atoms with van der Waals surface area (Å²) in [4.78, 5) is 22.5. The van der Waals surface area contributed by atoms with E-state index in [1.54, 1.807) is 0 Å². The quantitative estimate of drug-likeness (QED) is 0.667. The van der Waals surface area contributed by atoms with Crippen LogP contribution >= 0.6 is 11.6 Å². The number of aromatic nitrogens is 1. The zero-order valence-corrected chi connectivity index (χ0v) is 13.4. The number of halogens is 1. The number of hydrogen-bond acceptors (Lipinski definition) is 5. The van der Waals surface area contributed by atoms with Crippen LogP contribution in [-0.4, -0.2) is 29.6 Å². The van der Waals surface area contributed by atoms with Gasteiger partial charge in [0.05, 0.1) is 36.0 Å². The van der Waals surface area contributed by atoms with E-state index < -0.39 is 10.8 Å². The smallest absolute Gasteiger partial charge is 0.287 e. The number of nitrogens with zero attached hydrogens (tertiary/aromatic N) is 2. The molecule has 1 heterocycles. The third-order valence-corrected chi connectivity index (χ3v) is 3.47. The second-order valence-corrected chi connectivity index (χ2v) is 5.00. The van der Waals surface area contributed by atoms with E-state index in [1.807, 2.05) is 0 Å². The topological polar surface area (TPSA) is 95.6 Å². The van der Waals surface area contributed by atoms with E-state index in [4.69, 9.17) is 21.1 Å². The fourth-order valence-corrected chi connectivity index (χ4v) is 2.21. The predicted octanol–water partition coefficient (Wildman–Crippen LogP) is 2.86. The first-order valence-corrected chi connectivity index (χ1v) is 6.78. The van der Waals surface area contributed by atoms with Gasteiger partial charge in [0, 0.05) is 25.2 Å². The number of aryl methyl sites for hydroxylation is 1. The van der Waals surface area contributed by atoms with E-state index in [0.717, 1.165) is 0 Å². The summed E-state index contributed by atoms with van der Waals surface area (Å²) in [7, 11) is 4.46. The van der Waals surface area contributed by atoms with Crippen LogP contribution in [0.2, 0.25) is 5.02 Å². The number of hydrogen-bond donors (Lipinski definition) is 1. The van der Waals surface area contributed by atoms with Crippen LogP contribution in [0.1, 0.15) is 10.5 Å². The SMILES string of the molecule is COc1cc(Cl)c(NC(=O)c2cc([N+](=O)[O-])cn2C)cc1OC. The van der Waals surface area contributed by atoms with E-state index in [9.17, 15) is 14.9 Å². The van der Waals surface area contributed by atoms with E-state index in [0.29, 0.717) is 17.2 Å². The van der Waals surface area contributed by atoms with E-state index in [2.05, 4.69) is 5.32 Å². The van der Waals surface area contributed by atoms with Crippen molar-refractivity contribution < 1.29 is 19.2 Å². The molecule has 1 N–H and O–H groups in total. The lowest BCUT2D eigenvalue weighted by atomic mass is 10.2. The summed E-state index contributed by atoms with van der Waals surface area (Å²) < 4.78 is 11.6. The maximum atomic E-state index is 12.3. The Morgan fingerprint density at radius 1 is 1.26 bits per heavy atom. The van der Waals surface area contributed by atoms with Gasteiger partial charge in [-0.3, -0.25) is 14.9 Å². The monoisotopic (exact) mass is 339 g/mol. The average molecular weight is 340 g/mol. The van der Waals surface area contributed by atoms with Crippen LogP contribution < -0.4 is 14.8 Å². The van der Waals surface area contributed by atoms with Gasteiger partial charge in [-0.1, -0.05) is 11.6 Å². The number of nitro groups is 1. The van der Waals surface area contributed by atoms with Crippen molar-refractivity contribution in [3.05, 3.63) is 45.2 Å². The van der Waals surface area contributed by atoms with Gasteiger partial charge in [0.2, 0.25) is 0 Å². The van der Waals surface area contributed by atoms with Crippen molar-refractivity contribution in [2.75, 3.05) is 19.5 Å². The van der Waals surface area contributed by atoms with Crippen LogP contribution in [0.5, 0.6) is 11.5 Å². The molecule has 9 heteroatoms. The molecule has 0 atom stereocenters. The summed E-state index contributed by atoms with van der Waals surface area (Å²) in [5.74, 6) is 0.282. The van der Waals surface area contributed by atoms with Crippen molar-refractivity contribution in [2.24, 2.45) is 7.05 Å². The Kier molecular flexibility index (Phi) is 4.75. The van der Waals surface area contributed by atoms with Crippen molar-refractivity contribution >= 4 is 28.9 Å². The third-order valence-electron chi connectivity index (χ3n) is 3.16. The highest BCUT2D eigenvalue weighted by Gasteiger charge is 2.19. The molecule has 2 rings (SSSR count). The van der Waals surface area contributed by atoms with Gasteiger partial charge < -0.3 is 19.4 Å². The minimum atomic E-state index is -0.569. The fraction of sp³-hybridized carbons (Fsp3) is 0.214. The number of carbonyl (C=O) groups is 1. The number of nitrogens with one attached hydrogen (secondary N) is 1. The standard InChI is InChI=1S/C14H14ClN3O5/c1-17-7-8(18(20)21)4-11(17)14(19)16-10-6-13(23-3)12(22-2)5-9(10)15/h4-7H,1-3H3,(H,16,19). The molecule has 0 unspecified atom stereocenters. The Hall–Kier alpha value is -2.74. The van der Waals surface area contributed by atoms with Crippen molar-refractivity contribution in [3.63, 3.8) is 0 Å². The molecule has 0 fully saturated rings. The van der Waals surface area contributed by atoms with Crippen LogP contribution in [0.4, 0.5) is 11.4 Å². The minimum Gasteiger partial charge on any atom is -0.493 e. The third kappa shape index (κ3) is 3.37. The first kappa shape index (κ1) is 16.6. The van der Waals surface area contributed by atoms with Crippen LogP contribution in [0.15, 0.2) is 24.4 Å². The molecule has 0 aliphatic carbocycles. The summed E-state index contributed by atoms with van der Waals surface area (Å²) in [6, 6.07) is 4.20. The molecule has 1 amide bonds. The van der Waals surface area contributed by atoms with Gasteiger partial charge in [-0.15, -0.1) is 0 Å². The molecule has 0 spiro atoms. The predicted molar refractivity (Wildman–Crippen MR) is 84.6 cm³/mol. The minimum absolute atomic E-state index is 0.127. The van der Waals surface area contributed by atoms with Gasteiger partial charge in [-0.2, -0.15) is 0 Å². The maximum absolute atomic E-state index is 12.3. The number of benzene rings is 1. The molecule has 1 aromatic heterocycles. The first-order chi connectivity index (χ1) is 10.9. The first-order valence-electron chi connectivity index (χ1n) is 6.41. The molecule has 0 aliphatic heterocycles. The van der Waals surface area contributed by atoms with Crippen molar-refractivity contribution in [1.82, 2.24) is 4.57 Å². The largest absolute Gasteiger partial charge is 0.493 e. The number of amides is 1. The Morgan fingerprint density at radius 2 is 1.87 bits per heavy atom. The summed E-state index contributed by atoms with van der Waals surface area (Å²) in [5, 5.41) is 13.6. The lowest BCUT2D eigenvalue weighted by molar-refractivity contribution is -0.384.